The van der Waals surface area contributed by atoms with Crippen LogP contribution in [0, 0.1) is 5.92 Å². The van der Waals surface area contributed by atoms with Crippen LogP contribution < -0.4 is 0 Å². The lowest BCUT2D eigenvalue weighted by Gasteiger charge is -2.38. The highest BCUT2D eigenvalue weighted by molar-refractivity contribution is 5.90. The number of methoxy groups -OCH3 is 2. The van der Waals surface area contributed by atoms with E-state index in [0.29, 0.717) is 13.0 Å². The number of rotatable bonds is 5. The second-order valence-corrected chi connectivity index (χ2v) is 7.50. The van der Waals surface area contributed by atoms with Gasteiger partial charge in [-0.1, -0.05) is 18.2 Å². The molecule has 0 amide bonds. The Kier molecular flexibility index (Phi) is 5.08. The van der Waals surface area contributed by atoms with E-state index in [-0.39, 0.29) is 24.5 Å². The van der Waals surface area contributed by atoms with Gasteiger partial charge < -0.3 is 19.1 Å². The van der Waals surface area contributed by atoms with E-state index in [1.807, 2.05) is 12.1 Å². The molecule has 4 rings (SSSR count). The predicted molar refractivity (Wildman–Crippen MR) is 107 cm³/mol. The van der Waals surface area contributed by atoms with Crippen molar-refractivity contribution in [2.45, 2.75) is 24.9 Å². The number of aromatic nitrogens is 1. The third-order valence-corrected chi connectivity index (χ3v) is 6.07. The lowest BCUT2D eigenvalue weighted by atomic mass is 9.78. The summed E-state index contributed by atoms with van der Waals surface area (Å²) in [6.45, 7) is 0.580. The average molecular weight is 383 g/mol. The maximum atomic E-state index is 13.0. The van der Waals surface area contributed by atoms with Gasteiger partial charge in [-0.05, 0) is 24.1 Å². The molecule has 3 heterocycles. The molecular weight excluding hydrogens is 356 g/mol. The molecule has 1 unspecified atom stereocenters. The highest BCUT2D eigenvalue weighted by atomic mass is 16.5. The molecule has 6 nitrogen and oxygen atoms in total. The minimum absolute atomic E-state index is 0.0223. The van der Waals surface area contributed by atoms with E-state index in [4.69, 9.17) is 9.47 Å². The van der Waals surface area contributed by atoms with E-state index in [1.54, 1.807) is 7.11 Å². The van der Waals surface area contributed by atoms with Gasteiger partial charge in [0.1, 0.15) is 13.1 Å². The molecule has 148 valence electrons. The largest absolute Gasteiger partial charge is 0.467 e. The Morgan fingerprint density at radius 3 is 2.86 bits per heavy atom. The zero-order valence-electron chi connectivity index (χ0n) is 16.6. The number of nitrogens with zero attached hydrogens (tertiary/aromatic N) is 2. The molecule has 0 saturated heterocycles. The van der Waals surface area contributed by atoms with E-state index in [2.05, 4.69) is 40.6 Å². The molecule has 1 aromatic carbocycles. The summed E-state index contributed by atoms with van der Waals surface area (Å²) in [4.78, 5) is 13.0. The first kappa shape index (κ1) is 18.9. The van der Waals surface area contributed by atoms with Crippen LogP contribution in [0.15, 0.2) is 35.9 Å². The Bertz CT molecular complexity index is 972. The molecule has 2 bridgehead atoms. The van der Waals surface area contributed by atoms with Gasteiger partial charge >= 0.3 is 5.97 Å². The van der Waals surface area contributed by atoms with Gasteiger partial charge in [0.2, 0.25) is 0 Å². The highest BCUT2D eigenvalue weighted by Gasteiger charge is 2.49. The first-order valence-corrected chi connectivity index (χ1v) is 9.68. The first-order chi connectivity index (χ1) is 13.6. The van der Waals surface area contributed by atoms with Gasteiger partial charge in [0.05, 0.1) is 19.4 Å². The molecule has 1 aromatic heterocycles. The Labute approximate surface area is 164 Å². The zero-order chi connectivity index (χ0) is 19.8. The normalized spacial score (nSPS) is 24.9. The number of aliphatic hydroxyl groups is 1. The van der Waals surface area contributed by atoms with Gasteiger partial charge in [-0.25, -0.2) is 9.37 Å². The number of carbonyl (C=O) groups excluding carboxylic acids is 1. The van der Waals surface area contributed by atoms with Crippen molar-refractivity contribution < 1.29 is 24.0 Å². The fourth-order valence-corrected chi connectivity index (χ4v) is 4.92. The summed E-state index contributed by atoms with van der Waals surface area (Å²) in [5.74, 6) is -0.212. The second kappa shape index (κ2) is 7.53. The van der Waals surface area contributed by atoms with E-state index >= 15 is 0 Å². The summed E-state index contributed by atoms with van der Waals surface area (Å²) in [5.41, 5.74) is 4.36. The Morgan fingerprint density at radius 2 is 2.14 bits per heavy atom. The lowest BCUT2D eigenvalue weighted by molar-refractivity contribution is -0.549. The number of allylic oxidation sites excluding steroid dienone is 1. The smallest absolute Gasteiger partial charge is 0.329 e. The summed E-state index contributed by atoms with van der Waals surface area (Å²) >= 11 is 0. The number of aliphatic hydroxyl groups excluding tert-OH is 1. The summed E-state index contributed by atoms with van der Waals surface area (Å²) < 4.78 is 14.9. The predicted octanol–water partition coefficient (Wildman–Crippen LogP) is 2.25. The van der Waals surface area contributed by atoms with Crippen LogP contribution in [-0.2, 0) is 20.7 Å². The molecular formula is C22H27N2O4+. The molecule has 1 N–H and O–H groups in total. The molecule has 2 aromatic rings. The molecule has 0 radical (unpaired) electrons. The number of hydrogen-bond donors (Lipinski definition) is 1. The number of para-hydroxylation sites is 1. The van der Waals surface area contributed by atoms with E-state index < -0.39 is 6.04 Å². The van der Waals surface area contributed by atoms with Crippen molar-refractivity contribution in [2.75, 3.05) is 34.5 Å². The van der Waals surface area contributed by atoms with Gasteiger partial charge in [0, 0.05) is 42.5 Å². The SMILES string of the molecule is COC/C=C1/C=[N+](C)[C@H]2C[C@@H]1C(C(=O)OC)n1c2c(CCO)c2ccccc21. The maximum Gasteiger partial charge on any atom is 0.329 e. The third kappa shape index (κ3) is 2.79. The summed E-state index contributed by atoms with van der Waals surface area (Å²) in [7, 11) is 5.19. The fourth-order valence-electron chi connectivity index (χ4n) is 4.92. The zero-order valence-corrected chi connectivity index (χ0v) is 16.6. The molecule has 28 heavy (non-hydrogen) atoms. The third-order valence-electron chi connectivity index (χ3n) is 6.07. The summed E-state index contributed by atoms with van der Waals surface area (Å²) in [6.07, 6.45) is 5.57. The van der Waals surface area contributed by atoms with Crippen molar-refractivity contribution >= 4 is 23.1 Å². The Morgan fingerprint density at radius 1 is 1.36 bits per heavy atom. The number of esters is 1. The van der Waals surface area contributed by atoms with Crippen molar-refractivity contribution in [3.8, 4) is 0 Å². The molecule has 0 fully saturated rings. The van der Waals surface area contributed by atoms with Gasteiger partial charge in [0.15, 0.2) is 12.3 Å². The number of fused-ring (bicyclic) bond motifs is 6. The molecule has 0 aliphatic carbocycles. The van der Waals surface area contributed by atoms with Crippen molar-refractivity contribution in [1.29, 1.82) is 0 Å². The maximum absolute atomic E-state index is 13.0. The first-order valence-electron chi connectivity index (χ1n) is 9.68. The van der Waals surface area contributed by atoms with Gasteiger partial charge in [-0.2, -0.15) is 0 Å². The minimum atomic E-state index is -0.429. The van der Waals surface area contributed by atoms with E-state index in [1.165, 1.54) is 7.11 Å². The van der Waals surface area contributed by atoms with E-state index in [9.17, 15) is 9.90 Å². The van der Waals surface area contributed by atoms with Gasteiger partial charge in [0.25, 0.3) is 0 Å². The van der Waals surface area contributed by atoms with Crippen LogP contribution in [0.2, 0.25) is 0 Å². The van der Waals surface area contributed by atoms with Crippen LogP contribution in [0.1, 0.15) is 29.8 Å². The molecule has 2 aliphatic rings. The quantitative estimate of drug-likeness (QED) is 0.635. The van der Waals surface area contributed by atoms with Crippen molar-refractivity contribution in [3.05, 3.63) is 47.2 Å². The van der Waals surface area contributed by atoms with Crippen molar-refractivity contribution in [3.63, 3.8) is 0 Å². The van der Waals surface area contributed by atoms with Gasteiger partial charge in [-0.15, -0.1) is 0 Å². The molecule has 3 atom stereocenters. The number of carbonyl (C=O) groups is 1. The Hall–Kier alpha value is -2.44. The lowest BCUT2D eigenvalue weighted by Crippen LogP contribution is -2.42. The van der Waals surface area contributed by atoms with Crippen LogP contribution in [-0.4, -0.2) is 60.9 Å². The molecule has 2 aliphatic heterocycles. The average Bonchev–Trinajstić information content (AvgIpc) is 3.03. The van der Waals surface area contributed by atoms with Crippen LogP contribution in [0.4, 0.5) is 0 Å². The Balaban J connectivity index is 2.02. The van der Waals surface area contributed by atoms with Crippen LogP contribution in [0.25, 0.3) is 10.9 Å². The topological polar surface area (TPSA) is 63.7 Å². The fraction of sp³-hybridized carbons (Fsp3) is 0.455. The standard InChI is InChI=1S/C22H27N2O4/c1-23-13-14(9-11-27-2)17-12-19(23)20-16(8-10-25)15-6-4-5-7-18(15)24(20)21(17)22(26)28-3/h4-7,9,13,17,19,21,25H,8,10-12H2,1-3H3/q+1/b14-9-/t17-,19-,21?/m0/s1. The van der Waals surface area contributed by atoms with E-state index in [0.717, 1.165) is 34.2 Å². The summed E-state index contributed by atoms with van der Waals surface area (Å²) in [5, 5.41) is 10.8. The highest BCUT2D eigenvalue weighted by Crippen LogP contribution is 2.48. The van der Waals surface area contributed by atoms with Crippen molar-refractivity contribution in [2.24, 2.45) is 5.92 Å². The van der Waals surface area contributed by atoms with Crippen LogP contribution in [0.5, 0.6) is 0 Å². The monoisotopic (exact) mass is 383 g/mol. The number of hydrogen-bond acceptors (Lipinski definition) is 4. The van der Waals surface area contributed by atoms with Crippen LogP contribution >= 0.6 is 0 Å². The number of benzene rings is 1. The summed E-state index contributed by atoms with van der Waals surface area (Å²) in [6, 6.07) is 7.86. The van der Waals surface area contributed by atoms with Crippen LogP contribution in [0.3, 0.4) is 0 Å². The minimum Gasteiger partial charge on any atom is -0.467 e. The second-order valence-electron chi connectivity index (χ2n) is 7.50. The van der Waals surface area contributed by atoms with Crippen molar-refractivity contribution in [1.82, 2.24) is 4.57 Å². The molecule has 0 saturated carbocycles. The van der Waals surface area contributed by atoms with Gasteiger partial charge in [-0.3, -0.25) is 0 Å². The number of ether oxygens (including phenoxy) is 2. The molecule has 6 heteroatoms. The molecule has 0 spiro atoms.